The van der Waals surface area contributed by atoms with E-state index in [2.05, 4.69) is 48.9 Å². The number of rotatable bonds is 7. The third-order valence-electron chi connectivity index (χ3n) is 9.23. The first kappa shape index (κ1) is 28.4. The molecular formula is C32H46N2O4. The molecule has 2 aromatic rings. The Kier molecular flexibility index (Phi) is 8.41. The fourth-order valence-electron chi connectivity index (χ4n) is 6.22. The number of aliphatic hydroxyl groups is 1. The minimum atomic E-state index is -0.917. The third-order valence-corrected chi connectivity index (χ3v) is 9.23. The zero-order valence-corrected chi connectivity index (χ0v) is 23.9. The first-order valence-electron chi connectivity index (χ1n) is 14.5. The van der Waals surface area contributed by atoms with Crippen LogP contribution in [-0.2, 0) is 22.2 Å². The van der Waals surface area contributed by atoms with Gasteiger partial charge in [0.15, 0.2) is 0 Å². The van der Waals surface area contributed by atoms with Gasteiger partial charge in [-0.3, -0.25) is 9.59 Å². The van der Waals surface area contributed by atoms with Crippen LogP contribution < -0.4 is 5.32 Å². The second-order valence-corrected chi connectivity index (χ2v) is 12.7. The predicted molar refractivity (Wildman–Crippen MR) is 151 cm³/mol. The van der Waals surface area contributed by atoms with Gasteiger partial charge in [0.05, 0.1) is 11.2 Å². The Labute approximate surface area is 227 Å². The molecule has 6 heteroatoms. The number of nitrogens with one attached hydrogen (secondary N) is 1. The molecule has 1 aromatic carbocycles. The quantitative estimate of drug-likeness (QED) is 0.363. The molecule has 1 aromatic heterocycles. The van der Waals surface area contributed by atoms with Crippen molar-refractivity contribution in [3.05, 3.63) is 51.8 Å². The van der Waals surface area contributed by atoms with Gasteiger partial charge >= 0.3 is 0 Å². The smallest absolute Gasteiger partial charge is 0.290 e. The van der Waals surface area contributed by atoms with Crippen molar-refractivity contribution in [1.82, 2.24) is 9.88 Å². The van der Waals surface area contributed by atoms with E-state index in [1.54, 1.807) is 0 Å². The van der Waals surface area contributed by atoms with Gasteiger partial charge in [0, 0.05) is 23.1 Å². The molecule has 0 saturated heterocycles. The van der Waals surface area contributed by atoms with E-state index < -0.39 is 5.60 Å². The van der Waals surface area contributed by atoms with Crippen LogP contribution in [0.3, 0.4) is 0 Å². The van der Waals surface area contributed by atoms with Crippen LogP contribution in [0.1, 0.15) is 123 Å². The lowest BCUT2D eigenvalue weighted by atomic mass is 9.85. The Bertz CT molecular complexity index is 1140. The highest BCUT2D eigenvalue weighted by Gasteiger charge is 2.40. The zero-order chi connectivity index (χ0) is 27.7. The zero-order valence-electron chi connectivity index (χ0n) is 23.9. The highest BCUT2D eigenvalue weighted by molar-refractivity contribution is 5.97. The number of amides is 1. The molecule has 3 N–H and O–H groups in total. The van der Waals surface area contributed by atoms with Crippen molar-refractivity contribution >= 4 is 12.4 Å². The van der Waals surface area contributed by atoms with Gasteiger partial charge in [0.1, 0.15) is 0 Å². The second kappa shape index (κ2) is 11.3. The molecule has 3 aliphatic rings. The van der Waals surface area contributed by atoms with Crippen LogP contribution in [0.25, 0.3) is 5.69 Å². The summed E-state index contributed by atoms with van der Waals surface area (Å²) >= 11 is 0. The number of benzene rings is 1. The van der Waals surface area contributed by atoms with Gasteiger partial charge in [-0.05, 0) is 106 Å². The topological polar surface area (TPSA) is 91.6 Å². The van der Waals surface area contributed by atoms with E-state index in [0.29, 0.717) is 12.0 Å². The lowest BCUT2D eigenvalue weighted by Gasteiger charge is -2.26. The first-order valence-corrected chi connectivity index (χ1v) is 14.5. The van der Waals surface area contributed by atoms with Crippen LogP contribution in [-0.4, -0.2) is 33.2 Å². The van der Waals surface area contributed by atoms with Gasteiger partial charge in [-0.2, -0.15) is 0 Å². The largest absolute Gasteiger partial charge is 0.483 e. The summed E-state index contributed by atoms with van der Waals surface area (Å²) in [6, 6.07) is 7.01. The number of hydrogen-bond donors (Lipinski definition) is 3. The summed E-state index contributed by atoms with van der Waals surface area (Å²) in [5.41, 5.74) is 6.95. The number of hydrogen-bond acceptors (Lipinski definition) is 3. The molecule has 0 aliphatic heterocycles. The highest BCUT2D eigenvalue weighted by Crippen LogP contribution is 2.49. The molecule has 0 spiro atoms. The summed E-state index contributed by atoms with van der Waals surface area (Å²) < 4.78 is 2.37. The van der Waals surface area contributed by atoms with Crippen molar-refractivity contribution in [2.24, 2.45) is 5.92 Å². The summed E-state index contributed by atoms with van der Waals surface area (Å²) in [6.45, 7) is 10.1. The van der Waals surface area contributed by atoms with Gasteiger partial charge < -0.3 is 20.1 Å². The fourth-order valence-corrected chi connectivity index (χ4v) is 6.22. The van der Waals surface area contributed by atoms with E-state index >= 15 is 0 Å². The normalized spacial score (nSPS) is 19.2. The summed E-state index contributed by atoms with van der Waals surface area (Å²) in [5.74, 6) is 0.761. The number of carbonyl (C=O) groups excluding carboxylic acids is 1. The molecule has 208 valence electrons. The lowest BCUT2D eigenvalue weighted by Crippen LogP contribution is -2.39. The minimum absolute atomic E-state index is 0.0846. The monoisotopic (exact) mass is 522 g/mol. The Morgan fingerprint density at radius 1 is 1.08 bits per heavy atom. The van der Waals surface area contributed by atoms with Crippen molar-refractivity contribution in [3.8, 4) is 5.69 Å². The molecule has 1 amide bonds. The molecule has 6 nitrogen and oxygen atoms in total. The van der Waals surface area contributed by atoms with Crippen molar-refractivity contribution in [2.75, 3.05) is 0 Å². The van der Waals surface area contributed by atoms with Crippen molar-refractivity contribution < 1.29 is 19.8 Å². The van der Waals surface area contributed by atoms with Gasteiger partial charge in [-0.1, -0.05) is 45.1 Å². The number of aromatic nitrogens is 1. The second-order valence-electron chi connectivity index (χ2n) is 12.7. The Hall–Kier alpha value is -2.60. The molecule has 0 radical (unpaired) electrons. The number of carbonyl (C=O) groups is 2. The van der Waals surface area contributed by atoms with Crippen LogP contribution in [0.15, 0.2) is 18.2 Å². The average molecular weight is 523 g/mol. The van der Waals surface area contributed by atoms with Crippen molar-refractivity contribution in [3.63, 3.8) is 0 Å². The summed E-state index contributed by atoms with van der Waals surface area (Å²) in [4.78, 5) is 21.8. The van der Waals surface area contributed by atoms with Gasteiger partial charge in [0.2, 0.25) is 0 Å². The molecule has 3 fully saturated rings. The Balaban J connectivity index is 0.00000107. The van der Waals surface area contributed by atoms with Gasteiger partial charge in [-0.25, -0.2) is 0 Å². The average Bonchev–Trinajstić information content (AvgIpc) is 3.54. The number of carboxylic acid groups (broad SMARTS) is 1. The molecule has 1 heterocycles. The minimum Gasteiger partial charge on any atom is -0.483 e. The molecule has 0 atom stereocenters. The number of nitrogens with zero attached hydrogens (tertiary/aromatic N) is 1. The van der Waals surface area contributed by atoms with Crippen molar-refractivity contribution in [2.45, 2.75) is 122 Å². The SMILES string of the molecule is Cc1c(C(=O)NC2CCC2)c(C)n(-c2cc(C(C)(C)O)cc(C3(C)CC3)c2)c1CC1CCCCC1.O=CO. The van der Waals surface area contributed by atoms with Crippen LogP contribution in [0.4, 0.5) is 0 Å². The Morgan fingerprint density at radius 3 is 2.24 bits per heavy atom. The van der Waals surface area contributed by atoms with E-state index in [4.69, 9.17) is 9.90 Å². The van der Waals surface area contributed by atoms with E-state index in [9.17, 15) is 9.90 Å². The van der Waals surface area contributed by atoms with E-state index in [-0.39, 0.29) is 17.8 Å². The molecule has 0 unspecified atom stereocenters. The predicted octanol–water partition coefficient (Wildman–Crippen LogP) is 6.48. The molecule has 38 heavy (non-hydrogen) atoms. The van der Waals surface area contributed by atoms with Gasteiger partial charge in [0.25, 0.3) is 12.4 Å². The molecule has 3 aliphatic carbocycles. The lowest BCUT2D eigenvalue weighted by molar-refractivity contribution is -0.122. The van der Waals surface area contributed by atoms with E-state index in [1.807, 2.05) is 13.8 Å². The maximum absolute atomic E-state index is 13.5. The first-order chi connectivity index (χ1) is 18.0. The van der Waals surface area contributed by atoms with Crippen LogP contribution in [0.5, 0.6) is 0 Å². The molecule has 5 rings (SSSR count). The van der Waals surface area contributed by atoms with Crippen LogP contribution in [0, 0.1) is 19.8 Å². The van der Waals surface area contributed by atoms with E-state index in [1.165, 1.54) is 62.6 Å². The van der Waals surface area contributed by atoms with Crippen molar-refractivity contribution in [1.29, 1.82) is 0 Å². The summed E-state index contributed by atoms with van der Waals surface area (Å²) in [7, 11) is 0. The maximum Gasteiger partial charge on any atom is 0.290 e. The highest BCUT2D eigenvalue weighted by atomic mass is 16.3. The van der Waals surface area contributed by atoms with E-state index in [0.717, 1.165) is 47.3 Å². The van der Waals surface area contributed by atoms with Crippen LogP contribution in [0.2, 0.25) is 0 Å². The molecule has 3 saturated carbocycles. The standard InChI is InChI=1S/C31H44N2O2.CH2O2/c1-20-27(16-22-10-7-6-8-11-22)33(21(2)28(20)29(34)32-25-12-9-13-25)26-18-23(30(3,4)35)17-24(19-26)31(5)14-15-31;2-1-3/h17-19,22,25,35H,6-16H2,1-5H3,(H,32,34);1H,(H,2,3). The maximum atomic E-state index is 13.5. The third kappa shape index (κ3) is 6.01. The fraction of sp³-hybridized carbons (Fsp3) is 0.625. The summed E-state index contributed by atoms with van der Waals surface area (Å²) in [5, 5.41) is 21.2. The summed E-state index contributed by atoms with van der Waals surface area (Å²) in [6.07, 6.45) is 13.3. The van der Waals surface area contributed by atoms with Gasteiger partial charge in [-0.15, -0.1) is 0 Å². The molecule has 0 bridgehead atoms. The molecular weight excluding hydrogens is 476 g/mol. The van der Waals surface area contributed by atoms with Crippen LogP contribution >= 0.6 is 0 Å². The Morgan fingerprint density at radius 2 is 1.71 bits per heavy atom.